The third-order valence-corrected chi connectivity index (χ3v) is 4.30. The molecule has 1 aliphatic heterocycles. The Labute approximate surface area is 136 Å². The molecule has 0 aromatic heterocycles. The molecule has 6 heteroatoms. The molecule has 1 N–H and O–H groups in total. The maximum atomic E-state index is 12.5. The van der Waals surface area contributed by atoms with E-state index in [0.29, 0.717) is 32.5 Å². The Bertz CT molecular complexity index is 558. The van der Waals surface area contributed by atoms with Crippen LogP contribution >= 0.6 is 0 Å². The van der Waals surface area contributed by atoms with Crippen LogP contribution < -0.4 is 10.1 Å². The van der Waals surface area contributed by atoms with Gasteiger partial charge in [0.2, 0.25) is 11.8 Å². The van der Waals surface area contributed by atoms with Crippen molar-refractivity contribution in [3.05, 3.63) is 29.8 Å². The number of nitrogens with one attached hydrogen (secondary N) is 1. The second kappa shape index (κ2) is 7.46. The monoisotopic (exact) mass is 320 g/mol. The lowest BCUT2D eigenvalue weighted by Crippen LogP contribution is -2.54. The minimum atomic E-state index is -0.815. The Morgan fingerprint density at radius 1 is 1.30 bits per heavy atom. The first-order valence-corrected chi connectivity index (χ1v) is 7.72. The number of hydrogen-bond donors (Lipinski definition) is 1. The Morgan fingerprint density at radius 3 is 2.61 bits per heavy atom. The average molecular weight is 320 g/mol. The van der Waals surface area contributed by atoms with Gasteiger partial charge in [-0.15, -0.1) is 0 Å². The molecule has 1 fully saturated rings. The number of rotatable bonds is 7. The second-order valence-corrected chi connectivity index (χ2v) is 5.85. The topological polar surface area (TPSA) is 67.9 Å². The summed E-state index contributed by atoms with van der Waals surface area (Å²) < 4.78 is 10.1. The molecule has 1 aliphatic rings. The highest BCUT2D eigenvalue weighted by molar-refractivity contribution is 5.94. The second-order valence-electron chi connectivity index (χ2n) is 5.85. The minimum absolute atomic E-state index is 0.00482. The standard InChI is InChI=1S/C17H24N2O4/c1-17(16(21)18-10-11-22-2)9-8-15(20)19(17)12-13-4-6-14(23-3)7-5-13/h4-7H,8-12H2,1-3H3,(H,18,21)/t17-/m1/s1. The largest absolute Gasteiger partial charge is 0.497 e. The van der Waals surface area contributed by atoms with Crippen LogP contribution in [0.15, 0.2) is 24.3 Å². The van der Waals surface area contributed by atoms with Gasteiger partial charge in [-0.25, -0.2) is 0 Å². The van der Waals surface area contributed by atoms with Gasteiger partial charge in [0.05, 0.1) is 13.7 Å². The van der Waals surface area contributed by atoms with Gasteiger partial charge in [-0.1, -0.05) is 12.1 Å². The van der Waals surface area contributed by atoms with E-state index in [9.17, 15) is 9.59 Å². The summed E-state index contributed by atoms with van der Waals surface area (Å²) in [6.45, 7) is 3.13. The van der Waals surface area contributed by atoms with Crippen LogP contribution in [0.2, 0.25) is 0 Å². The van der Waals surface area contributed by atoms with E-state index in [1.807, 2.05) is 31.2 Å². The van der Waals surface area contributed by atoms with Gasteiger partial charge in [0.15, 0.2) is 0 Å². The molecule has 2 amide bonds. The molecule has 2 rings (SSSR count). The van der Waals surface area contributed by atoms with Crippen molar-refractivity contribution in [3.8, 4) is 5.75 Å². The number of carbonyl (C=O) groups is 2. The van der Waals surface area contributed by atoms with Crippen molar-refractivity contribution in [2.45, 2.75) is 31.8 Å². The van der Waals surface area contributed by atoms with E-state index in [1.54, 1.807) is 19.1 Å². The number of amides is 2. The van der Waals surface area contributed by atoms with Crippen LogP contribution in [0, 0.1) is 0 Å². The number of ether oxygens (including phenoxy) is 2. The minimum Gasteiger partial charge on any atom is -0.497 e. The lowest BCUT2D eigenvalue weighted by atomic mass is 9.97. The predicted octanol–water partition coefficient (Wildman–Crippen LogP) is 1.34. The maximum Gasteiger partial charge on any atom is 0.245 e. The molecule has 0 bridgehead atoms. The summed E-state index contributed by atoms with van der Waals surface area (Å²) in [6.07, 6.45) is 0.922. The molecule has 1 aromatic rings. The lowest BCUT2D eigenvalue weighted by Gasteiger charge is -2.34. The van der Waals surface area contributed by atoms with E-state index in [2.05, 4.69) is 5.32 Å². The molecule has 0 aliphatic carbocycles. The van der Waals surface area contributed by atoms with Crippen LogP contribution in [0.5, 0.6) is 5.75 Å². The Hall–Kier alpha value is -2.08. The zero-order valence-corrected chi connectivity index (χ0v) is 13.9. The van der Waals surface area contributed by atoms with Gasteiger partial charge in [-0.05, 0) is 31.0 Å². The number of benzene rings is 1. The first-order valence-electron chi connectivity index (χ1n) is 7.72. The highest BCUT2D eigenvalue weighted by atomic mass is 16.5. The molecule has 0 saturated carbocycles. The van der Waals surface area contributed by atoms with Crippen LogP contribution in [0.1, 0.15) is 25.3 Å². The molecule has 0 spiro atoms. The Kier molecular flexibility index (Phi) is 5.60. The van der Waals surface area contributed by atoms with E-state index in [1.165, 1.54) is 0 Å². The molecule has 126 valence electrons. The molecular formula is C17H24N2O4. The van der Waals surface area contributed by atoms with E-state index in [4.69, 9.17) is 9.47 Å². The van der Waals surface area contributed by atoms with Crippen molar-refractivity contribution in [1.29, 1.82) is 0 Å². The summed E-state index contributed by atoms with van der Waals surface area (Å²) in [4.78, 5) is 26.4. The molecule has 1 heterocycles. The molecule has 0 unspecified atom stereocenters. The molecule has 1 aromatic carbocycles. The number of hydrogen-bond acceptors (Lipinski definition) is 4. The quantitative estimate of drug-likeness (QED) is 0.770. The summed E-state index contributed by atoms with van der Waals surface area (Å²) in [6, 6.07) is 7.53. The zero-order valence-electron chi connectivity index (χ0n) is 13.9. The van der Waals surface area contributed by atoms with Gasteiger partial charge >= 0.3 is 0 Å². The normalized spacial score (nSPS) is 20.7. The number of carbonyl (C=O) groups excluding carboxylic acids is 2. The van der Waals surface area contributed by atoms with Crippen molar-refractivity contribution < 1.29 is 19.1 Å². The molecule has 0 radical (unpaired) electrons. The summed E-state index contributed by atoms with van der Waals surface area (Å²) in [7, 11) is 3.20. The van der Waals surface area contributed by atoms with Gasteiger partial charge in [-0.2, -0.15) is 0 Å². The van der Waals surface area contributed by atoms with Crippen molar-refractivity contribution in [1.82, 2.24) is 10.2 Å². The molecule has 23 heavy (non-hydrogen) atoms. The number of methoxy groups -OCH3 is 2. The summed E-state index contributed by atoms with van der Waals surface area (Å²) in [5, 5.41) is 2.84. The third-order valence-electron chi connectivity index (χ3n) is 4.30. The fourth-order valence-corrected chi connectivity index (χ4v) is 2.76. The van der Waals surface area contributed by atoms with Crippen molar-refractivity contribution >= 4 is 11.8 Å². The summed E-state index contributed by atoms with van der Waals surface area (Å²) in [5.41, 5.74) is 0.155. The van der Waals surface area contributed by atoms with Gasteiger partial charge in [-0.3, -0.25) is 9.59 Å². The highest BCUT2D eigenvalue weighted by Crippen LogP contribution is 2.32. The predicted molar refractivity (Wildman–Crippen MR) is 86.1 cm³/mol. The molecule has 1 saturated heterocycles. The third kappa shape index (κ3) is 3.82. The van der Waals surface area contributed by atoms with Crippen molar-refractivity contribution in [2.24, 2.45) is 0 Å². The number of nitrogens with zero attached hydrogens (tertiary/aromatic N) is 1. The Balaban J connectivity index is 2.09. The lowest BCUT2D eigenvalue weighted by molar-refractivity contribution is -0.141. The summed E-state index contributed by atoms with van der Waals surface area (Å²) in [5.74, 6) is 0.640. The van der Waals surface area contributed by atoms with E-state index >= 15 is 0 Å². The van der Waals surface area contributed by atoms with E-state index in [-0.39, 0.29) is 11.8 Å². The number of likely N-dealkylation sites (tertiary alicyclic amines) is 1. The van der Waals surface area contributed by atoms with Crippen molar-refractivity contribution in [2.75, 3.05) is 27.4 Å². The SMILES string of the molecule is COCCNC(=O)[C@@]1(C)CCC(=O)N1Cc1ccc(OC)cc1. The Morgan fingerprint density at radius 2 is 2.00 bits per heavy atom. The van der Waals surface area contributed by atoms with Crippen LogP contribution in [0.3, 0.4) is 0 Å². The van der Waals surface area contributed by atoms with Gasteiger partial charge < -0.3 is 19.7 Å². The van der Waals surface area contributed by atoms with Crippen LogP contribution in [-0.4, -0.2) is 49.6 Å². The van der Waals surface area contributed by atoms with Crippen LogP contribution in [0.25, 0.3) is 0 Å². The maximum absolute atomic E-state index is 12.5. The van der Waals surface area contributed by atoms with E-state index in [0.717, 1.165) is 11.3 Å². The smallest absolute Gasteiger partial charge is 0.245 e. The molecule has 1 atom stereocenters. The summed E-state index contributed by atoms with van der Waals surface area (Å²) >= 11 is 0. The molecular weight excluding hydrogens is 296 g/mol. The van der Waals surface area contributed by atoms with E-state index < -0.39 is 5.54 Å². The zero-order chi connectivity index (χ0) is 16.9. The highest BCUT2D eigenvalue weighted by Gasteiger charge is 2.46. The molecule has 6 nitrogen and oxygen atoms in total. The van der Waals surface area contributed by atoms with Gasteiger partial charge in [0.1, 0.15) is 11.3 Å². The van der Waals surface area contributed by atoms with Crippen LogP contribution in [-0.2, 0) is 20.9 Å². The van der Waals surface area contributed by atoms with Gasteiger partial charge in [0.25, 0.3) is 0 Å². The van der Waals surface area contributed by atoms with Crippen LogP contribution in [0.4, 0.5) is 0 Å². The average Bonchev–Trinajstić information content (AvgIpc) is 2.85. The van der Waals surface area contributed by atoms with Crippen molar-refractivity contribution in [3.63, 3.8) is 0 Å². The first-order chi connectivity index (χ1) is 11.0. The van der Waals surface area contributed by atoms with Gasteiger partial charge in [0, 0.05) is 26.6 Å². The fraction of sp³-hybridized carbons (Fsp3) is 0.529. The fourth-order valence-electron chi connectivity index (χ4n) is 2.76. The first kappa shape index (κ1) is 17.3.